The molecule has 21 heavy (non-hydrogen) atoms. The molecule has 3 rings (SSSR count). The summed E-state index contributed by atoms with van der Waals surface area (Å²) in [5.74, 6) is 6.42. The van der Waals surface area contributed by atoms with Crippen LogP contribution in [0.5, 0.6) is 0 Å². The van der Waals surface area contributed by atoms with Crippen LogP contribution in [-0.2, 0) is 0 Å². The number of rotatable bonds is 1. The lowest BCUT2D eigenvalue weighted by atomic mass is 9.96. The van der Waals surface area contributed by atoms with Crippen molar-refractivity contribution in [3.05, 3.63) is 89.7 Å². The minimum absolute atomic E-state index is 0.932. The number of hydrogen-bond donors (Lipinski definition) is 0. The Morgan fingerprint density at radius 2 is 1.67 bits per heavy atom. The fourth-order valence-corrected chi connectivity index (χ4v) is 2.28. The predicted octanol–water partition coefficient (Wildman–Crippen LogP) is 4.46. The average Bonchev–Trinajstić information content (AvgIpc) is 2.56. The van der Waals surface area contributed by atoms with Gasteiger partial charge in [0.15, 0.2) is 0 Å². The van der Waals surface area contributed by atoms with Gasteiger partial charge in [0.25, 0.3) is 0 Å². The van der Waals surface area contributed by atoms with Crippen LogP contribution in [0.4, 0.5) is 0 Å². The Morgan fingerprint density at radius 3 is 2.43 bits per heavy atom. The first kappa shape index (κ1) is 13.1. The number of nitrogens with zero attached hydrogens (tertiary/aromatic N) is 1. The van der Waals surface area contributed by atoms with Gasteiger partial charge in [-0.1, -0.05) is 54.3 Å². The van der Waals surface area contributed by atoms with Crippen molar-refractivity contribution in [3.8, 4) is 23.0 Å². The van der Waals surface area contributed by atoms with E-state index >= 15 is 0 Å². The Balaban J connectivity index is 2.01. The summed E-state index contributed by atoms with van der Waals surface area (Å²) in [6.07, 6.45) is 3.54. The summed E-state index contributed by atoms with van der Waals surface area (Å²) in [6.45, 7) is 2.12. The van der Waals surface area contributed by atoms with Gasteiger partial charge < -0.3 is 0 Å². The van der Waals surface area contributed by atoms with E-state index in [9.17, 15) is 0 Å². The van der Waals surface area contributed by atoms with Crippen LogP contribution in [-0.4, -0.2) is 4.98 Å². The summed E-state index contributed by atoms with van der Waals surface area (Å²) >= 11 is 0. The Morgan fingerprint density at radius 1 is 0.810 bits per heavy atom. The normalized spacial score (nSPS) is 9.76. The average molecular weight is 269 g/mol. The van der Waals surface area contributed by atoms with Crippen LogP contribution in [0.1, 0.15) is 16.7 Å². The monoisotopic (exact) mass is 269 g/mol. The SMILES string of the molecule is Cc1c(C#Cc2cccnc2)cccc1-c1ccccc1. The molecule has 0 aliphatic heterocycles. The summed E-state index contributed by atoms with van der Waals surface area (Å²) in [6, 6.07) is 20.5. The van der Waals surface area contributed by atoms with Crippen LogP contribution in [0.3, 0.4) is 0 Å². The molecule has 2 aromatic carbocycles. The first-order valence-electron chi connectivity index (χ1n) is 6.92. The van der Waals surface area contributed by atoms with E-state index < -0.39 is 0 Å². The molecule has 0 aliphatic rings. The van der Waals surface area contributed by atoms with Crippen molar-refractivity contribution in [2.45, 2.75) is 6.92 Å². The smallest absolute Gasteiger partial charge is 0.0432 e. The zero-order chi connectivity index (χ0) is 14.5. The predicted molar refractivity (Wildman–Crippen MR) is 86.8 cm³/mol. The van der Waals surface area contributed by atoms with Gasteiger partial charge >= 0.3 is 0 Å². The molecule has 1 heterocycles. The van der Waals surface area contributed by atoms with E-state index in [1.54, 1.807) is 12.4 Å². The molecule has 0 unspecified atom stereocenters. The van der Waals surface area contributed by atoms with E-state index in [2.05, 4.69) is 66.2 Å². The molecule has 1 heteroatoms. The van der Waals surface area contributed by atoms with Crippen LogP contribution in [0.25, 0.3) is 11.1 Å². The zero-order valence-electron chi connectivity index (χ0n) is 11.9. The van der Waals surface area contributed by atoms with Gasteiger partial charge in [0.2, 0.25) is 0 Å². The third-order valence-electron chi connectivity index (χ3n) is 3.42. The number of pyridine rings is 1. The highest BCUT2D eigenvalue weighted by Crippen LogP contribution is 2.25. The first-order chi connectivity index (χ1) is 10.3. The van der Waals surface area contributed by atoms with E-state index in [4.69, 9.17) is 0 Å². The largest absolute Gasteiger partial charge is 0.263 e. The highest BCUT2D eigenvalue weighted by Gasteiger charge is 2.03. The molecule has 0 saturated carbocycles. The summed E-state index contributed by atoms with van der Waals surface area (Å²) < 4.78 is 0. The molecular formula is C20H15N. The van der Waals surface area contributed by atoms with E-state index in [0.29, 0.717) is 0 Å². The minimum atomic E-state index is 0.932. The second-order valence-electron chi connectivity index (χ2n) is 4.84. The molecule has 0 saturated heterocycles. The number of hydrogen-bond acceptors (Lipinski definition) is 1. The van der Waals surface area contributed by atoms with Gasteiger partial charge in [0.05, 0.1) is 0 Å². The lowest BCUT2D eigenvalue weighted by Gasteiger charge is -2.07. The molecule has 0 N–H and O–H groups in total. The molecule has 1 nitrogen and oxygen atoms in total. The molecule has 0 atom stereocenters. The number of aromatic nitrogens is 1. The summed E-state index contributed by atoms with van der Waals surface area (Å²) in [5, 5.41) is 0. The van der Waals surface area contributed by atoms with E-state index in [1.807, 2.05) is 18.2 Å². The lowest BCUT2D eigenvalue weighted by Crippen LogP contribution is -1.88. The molecule has 0 bridgehead atoms. The van der Waals surface area contributed by atoms with Gasteiger partial charge in [-0.15, -0.1) is 0 Å². The maximum absolute atomic E-state index is 4.08. The number of benzene rings is 2. The fourth-order valence-electron chi connectivity index (χ4n) is 2.28. The van der Waals surface area contributed by atoms with Gasteiger partial charge in [0, 0.05) is 23.5 Å². The van der Waals surface area contributed by atoms with Crippen molar-refractivity contribution in [3.63, 3.8) is 0 Å². The van der Waals surface area contributed by atoms with E-state index in [-0.39, 0.29) is 0 Å². The molecule has 3 aromatic rings. The van der Waals surface area contributed by atoms with Crippen LogP contribution in [0.15, 0.2) is 73.1 Å². The molecule has 0 spiro atoms. The summed E-state index contributed by atoms with van der Waals surface area (Å²) in [4.78, 5) is 4.08. The highest BCUT2D eigenvalue weighted by atomic mass is 14.6. The van der Waals surface area contributed by atoms with Crippen LogP contribution in [0.2, 0.25) is 0 Å². The second-order valence-corrected chi connectivity index (χ2v) is 4.84. The standard InChI is InChI=1S/C20H15N/c1-16-18(13-12-17-7-6-14-21-15-17)10-5-11-20(16)19-8-3-2-4-9-19/h2-11,14-15H,1H3. The maximum atomic E-state index is 4.08. The Labute approximate surface area is 125 Å². The topological polar surface area (TPSA) is 12.9 Å². The van der Waals surface area contributed by atoms with Gasteiger partial charge in [-0.3, -0.25) is 4.98 Å². The van der Waals surface area contributed by atoms with E-state index in [0.717, 1.165) is 11.1 Å². The van der Waals surface area contributed by atoms with Gasteiger partial charge in [-0.05, 0) is 41.8 Å². The molecule has 100 valence electrons. The van der Waals surface area contributed by atoms with Crippen LogP contribution < -0.4 is 0 Å². The summed E-state index contributed by atoms with van der Waals surface area (Å²) in [5.41, 5.74) is 5.65. The third-order valence-corrected chi connectivity index (χ3v) is 3.42. The van der Waals surface area contributed by atoms with Crippen molar-refractivity contribution in [1.82, 2.24) is 4.98 Å². The van der Waals surface area contributed by atoms with Crippen molar-refractivity contribution in [2.75, 3.05) is 0 Å². The molecule has 0 aliphatic carbocycles. The molecule has 0 fully saturated rings. The van der Waals surface area contributed by atoms with Crippen molar-refractivity contribution >= 4 is 0 Å². The fraction of sp³-hybridized carbons (Fsp3) is 0.0500. The maximum Gasteiger partial charge on any atom is 0.0432 e. The molecule has 0 radical (unpaired) electrons. The Kier molecular flexibility index (Phi) is 3.80. The van der Waals surface area contributed by atoms with Crippen molar-refractivity contribution in [2.24, 2.45) is 0 Å². The quantitative estimate of drug-likeness (QED) is 0.594. The second kappa shape index (κ2) is 6.07. The zero-order valence-corrected chi connectivity index (χ0v) is 11.9. The van der Waals surface area contributed by atoms with Crippen molar-refractivity contribution in [1.29, 1.82) is 0 Å². The van der Waals surface area contributed by atoms with Crippen molar-refractivity contribution < 1.29 is 0 Å². The highest BCUT2D eigenvalue weighted by molar-refractivity contribution is 5.70. The molecular weight excluding hydrogens is 254 g/mol. The lowest BCUT2D eigenvalue weighted by molar-refractivity contribution is 1.31. The van der Waals surface area contributed by atoms with Gasteiger partial charge in [0.1, 0.15) is 0 Å². The Bertz CT molecular complexity index is 793. The summed E-state index contributed by atoms with van der Waals surface area (Å²) in [7, 11) is 0. The Hall–Kier alpha value is -2.85. The van der Waals surface area contributed by atoms with Gasteiger partial charge in [-0.25, -0.2) is 0 Å². The first-order valence-corrected chi connectivity index (χ1v) is 6.92. The molecule has 1 aromatic heterocycles. The van der Waals surface area contributed by atoms with Crippen LogP contribution >= 0.6 is 0 Å². The molecule has 0 amide bonds. The third kappa shape index (κ3) is 3.01. The minimum Gasteiger partial charge on any atom is -0.263 e. The van der Waals surface area contributed by atoms with E-state index in [1.165, 1.54) is 16.7 Å². The van der Waals surface area contributed by atoms with Crippen LogP contribution in [0, 0.1) is 18.8 Å². The van der Waals surface area contributed by atoms with Gasteiger partial charge in [-0.2, -0.15) is 0 Å².